The summed E-state index contributed by atoms with van der Waals surface area (Å²) in [5, 5.41) is 0. The molecule has 0 amide bonds. The first-order valence-electron chi connectivity index (χ1n) is 13.1. The van der Waals surface area contributed by atoms with Gasteiger partial charge in [0.1, 0.15) is 0 Å². The molecule has 3 saturated carbocycles. The van der Waals surface area contributed by atoms with E-state index in [4.69, 9.17) is 0 Å². The van der Waals surface area contributed by atoms with Crippen LogP contribution >= 0.6 is 0 Å². The van der Waals surface area contributed by atoms with Crippen LogP contribution in [0.2, 0.25) is 0 Å². The average molecular weight is 385 g/mol. The Morgan fingerprint density at radius 2 is 1.21 bits per heavy atom. The molecule has 0 aromatic rings. The van der Waals surface area contributed by atoms with Crippen LogP contribution in [0.5, 0.6) is 0 Å². The predicted octanol–water partition coefficient (Wildman–Crippen LogP) is 9.12. The van der Waals surface area contributed by atoms with E-state index in [-0.39, 0.29) is 0 Å². The summed E-state index contributed by atoms with van der Waals surface area (Å²) in [5.74, 6) is 5.93. The molecular weight excluding hydrogens is 336 g/mol. The summed E-state index contributed by atoms with van der Waals surface area (Å²) in [6, 6.07) is 0. The van der Waals surface area contributed by atoms with E-state index < -0.39 is 0 Å². The fraction of sp³-hybridized carbons (Fsp3) is 0.857. The zero-order chi connectivity index (χ0) is 19.6. The Balaban J connectivity index is 1.26. The average Bonchev–Trinajstić information content (AvgIpc) is 2.76. The van der Waals surface area contributed by atoms with E-state index in [2.05, 4.69) is 31.7 Å². The van der Waals surface area contributed by atoms with E-state index in [0.717, 1.165) is 35.5 Å². The second-order valence-electron chi connectivity index (χ2n) is 10.6. The molecule has 0 bridgehead atoms. The zero-order valence-electron chi connectivity index (χ0n) is 18.9. The lowest BCUT2D eigenvalue weighted by Crippen LogP contribution is -2.25. The normalized spacial score (nSPS) is 37.2. The van der Waals surface area contributed by atoms with Crippen molar-refractivity contribution in [3.05, 3.63) is 24.8 Å². The van der Waals surface area contributed by atoms with Gasteiger partial charge in [0.25, 0.3) is 0 Å². The molecule has 0 spiro atoms. The van der Waals surface area contributed by atoms with Crippen LogP contribution in [0.15, 0.2) is 24.8 Å². The van der Waals surface area contributed by atoms with Gasteiger partial charge < -0.3 is 0 Å². The van der Waals surface area contributed by atoms with Gasteiger partial charge in [-0.15, -0.1) is 6.58 Å². The van der Waals surface area contributed by atoms with Gasteiger partial charge in [0.05, 0.1) is 0 Å². The molecule has 0 aliphatic heterocycles. The summed E-state index contributed by atoms with van der Waals surface area (Å²) in [6.07, 6.45) is 32.3. The van der Waals surface area contributed by atoms with Gasteiger partial charge in [-0.05, 0) is 99.7 Å². The Bertz CT molecular complexity index is 437. The molecule has 0 N–H and O–H groups in total. The van der Waals surface area contributed by atoms with Crippen molar-refractivity contribution in [1.29, 1.82) is 0 Å². The molecule has 3 aliphatic carbocycles. The lowest BCUT2D eigenvalue weighted by molar-refractivity contribution is 0.141. The first-order chi connectivity index (χ1) is 13.8. The summed E-state index contributed by atoms with van der Waals surface area (Å²) in [5.41, 5.74) is 0. The standard InChI is InChI=1S/C28H48/c1-3-5-8-24-15-19-27(20-16-24)28-21-17-26(18-22-28)10-7-6-9-25-13-11-23(4-2)12-14-25/h4,6,9,23-28H,2-3,5,7-8,10-22H2,1H3/b9-6+. The van der Waals surface area contributed by atoms with Crippen molar-refractivity contribution in [3.63, 3.8) is 0 Å². The fourth-order valence-corrected chi connectivity index (χ4v) is 6.58. The minimum absolute atomic E-state index is 0.797. The van der Waals surface area contributed by atoms with Crippen molar-refractivity contribution in [3.8, 4) is 0 Å². The molecule has 3 rings (SSSR count). The van der Waals surface area contributed by atoms with E-state index in [1.165, 1.54) is 70.6 Å². The Morgan fingerprint density at radius 1 is 0.679 bits per heavy atom. The largest absolute Gasteiger partial charge is 0.103 e. The first kappa shape index (κ1) is 22.2. The number of unbranched alkanes of at least 4 members (excludes halogenated alkanes) is 1. The molecule has 0 unspecified atom stereocenters. The van der Waals surface area contributed by atoms with Crippen LogP contribution in [0.4, 0.5) is 0 Å². The monoisotopic (exact) mass is 384 g/mol. The lowest BCUT2D eigenvalue weighted by atomic mass is 9.68. The minimum atomic E-state index is 0.797. The highest BCUT2D eigenvalue weighted by Crippen LogP contribution is 2.43. The molecule has 3 fully saturated rings. The molecule has 0 nitrogen and oxygen atoms in total. The summed E-state index contributed by atoms with van der Waals surface area (Å²) in [4.78, 5) is 0. The second kappa shape index (κ2) is 12.2. The maximum Gasteiger partial charge on any atom is -0.0233 e. The first-order valence-corrected chi connectivity index (χ1v) is 13.1. The Morgan fingerprint density at radius 3 is 1.75 bits per heavy atom. The van der Waals surface area contributed by atoms with E-state index in [0.29, 0.717) is 0 Å². The number of hydrogen-bond acceptors (Lipinski definition) is 0. The van der Waals surface area contributed by atoms with Crippen LogP contribution in [-0.4, -0.2) is 0 Å². The molecule has 0 radical (unpaired) electrons. The highest BCUT2D eigenvalue weighted by atomic mass is 14.4. The quantitative estimate of drug-likeness (QED) is 0.348. The SMILES string of the molecule is C=CC1CCC(/C=C/CCC2CCC(C3CCC(CCCC)CC3)CC2)CC1. The fourth-order valence-electron chi connectivity index (χ4n) is 6.58. The molecule has 0 atom stereocenters. The van der Waals surface area contributed by atoms with Crippen LogP contribution in [0.25, 0.3) is 0 Å². The van der Waals surface area contributed by atoms with E-state index >= 15 is 0 Å². The smallest absolute Gasteiger partial charge is 0.0233 e. The molecule has 0 heterocycles. The van der Waals surface area contributed by atoms with Crippen molar-refractivity contribution in [1.82, 2.24) is 0 Å². The van der Waals surface area contributed by atoms with Crippen molar-refractivity contribution < 1.29 is 0 Å². The highest BCUT2D eigenvalue weighted by molar-refractivity contribution is 4.94. The summed E-state index contributed by atoms with van der Waals surface area (Å²) < 4.78 is 0. The van der Waals surface area contributed by atoms with Crippen molar-refractivity contribution in [2.45, 2.75) is 116 Å². The van der Waals surface area contributed by atoms with E-state index in [1.54, 1.807) is 38.5 Å². The molecule has 0 aromatic heterocycles. The van der Waals surface area contributed by atoms with Gasteiger partial charge in [-0.3, -0.25) is 0 Å². The van der Waals surface area contributed by atoms with E-state index in [9.17, 15) is 0 Å². The van der Waals surface area contributed by atoms with Crippen LogP contribution < -0.4 is 0 Å². The van der Waals surface area contributed by atoms with Gasteiger partial charge in [0, 0.05) is 0 Å². The second-order valence-corrected chi connectivity index (χ2v) is 10.6. The molecule has 0 heteroatoms. The van der Waals surface area contributed by atoms with Crippen LogP contribution in [-0.2, 0) is 0 Å². The number of allylic oxidation sites excluding steroid dienone is 3. The molecule has 3 aliphatic rings. The van der Waals surface area contributed by atoms with Crippen molar-refractivity contribution in [2.24, 2.45) is 35.5 Å². The maximum absolute atomic E-state index is 3.97. The third-order valence-electron chi connectivity index (χ3n) is 8.72. The molecule has 0 saturated heterocycles. The van der Waals surface area contributed by atoms with Gasteiger partial charge in [-0.1, -0.05) is 70.1 Å². The van der Waals surface area contributed by atoms with Crippen LogP contribution in [0.1, 0.15) is 116 Å². The Labute approximate surface area is 176 Å². The third-order valence-corrected chi connectivity index (χ3v) is 8.72. The summed E-state index contributed by atoms with van der Waals surface area (Å²) in [7, 11) is 0. The van der Waals surface area contributed by atoms with Crippen LogP contribution in [0, 0.1) is 35.5 Å². The predicted molar refractivity (Wildman–Crippen MR) is 124 cm³/mol. The van der Waals surface area contributed by atoms with E-state index in [1.807, 2.05) is 0 Å². The van der Waals surface area contributed by atoms with Crippen LogP contribution in [0.3, 0.4) is 0 Å². The Kier molecular flexibility index (Phi) is 9.69. The zero-order valence-corrected chi connectivity index (χ0v) is 18.9. The molecule has 0 aromatic carbocycles. The van der Waals surface area contributed by atoms with Gasteiger partial charge in [-0.25, -0.2) is 0 Å². The maximum atomic E-state index is 3.97. The Hall–Kier alpha value is -0.520. The number of hydrogen-bond donors (Lipinski definition) is 0. The summed E-state index contributed by atoms with van der Waals surface area (Å²) >= 11 is 0. The van der Waals surface area contributed by atoms with Gasteiger partial charge in [0.15, 0.2) is 0 Å². The highest BCUT2D eigenvalue weighted by Gasteiger charge is 2.30. The van der Waals surface area contributed by atoms with Gasteiger partial charge >= 0.3 is 0 Å². The van der Waals surface area contributed by atoms with Gasteiger partial charge in [-0.2, -0.15) is 0 Å². The molecular formula is C28H48. The topological polar surface area (TPSA) is 0 Å². The lowest BCUT2D eigenvalue weighted by Gasteiger charge is -2.38. The number of rotatable bonds is 9. The molecule has 28 heavy (non-hydrogen) atoms. The molecule has 160 valence electrons. The van der Waals surface area contributed by atoms with Gasteiger partial charge in [0.2, 0.25) is 0 Å². The minimum Gasteiger partial charge on any atom is -0.103 e. The third kappa shape index (κ3) is 7.07. The summed E-state index contributed by atoms with van der Waals surface area (Å²) in [6.45, 7) is 6.31. The van der Waals surface area contributed by atoms with Crippen molar-refractivity contribution in [2.75, 3.05) is 0 Å². The van der Waals surface area contributed by atoms with Crippen molar-refractivity contribution >= 4 is 0 Å².